The van der Waals surface area contributed by atoms with Crippen LogP contribution in [0.1, 0.15) is 6.42 Å². The van der Waals surface area contributed by atoms with Crippen molar-refractivity contribution in [1.29, 1.82) is 0 Å². The zero-order valence-corrected chi connectivity index (χ0v) is 10.0. The smallest absolute Gasteiger partial charge is 0.0879 e. The summed E-state index contributed by atoms with van der Waals surface area (Å²) in [5.74, 6) is 1.15. The zero-order valence-electron chi connectivity index (χ0n) is 6.18. The van der Waals surface area contributed by atoms with E-state index < -0.39 is 3.79 Å². The van der Waals surface area contributed by atoms with Crippen LogP contribution in [0.3, 0.4) is 0 Å². The van der Waals surface area contributed by atoms with Gasteiger partial charge in [-0.25, -0.2) is 0 Å². The second-order valence-corrected chi connectivity index (χ2v) is 6.89. The first-order chi connectivity index (χ1) is 5.50. The summed E-state index contributed by atoms with van der Waals surface area (Å²) >= 11 is 21.3. The van der Waals surface area contributed by atoms with Crippen molar-refractivity contribution in [2.24, 2.45) is 17.8 Å². The average molecular weight is 290 g/mol. The molecule has 12 heavy (non-hydrogen) atoms. The van der Waals surface area contributed by atoms with Crippen molar-refractivity contribution < 1.29 is 0 Å². The van der Waals surface area contributed by atoms with E-state index in [1.54, 1.807) is 0 Å². The molecule has 1 fully saturated rings. The van der Waals surface area contributed by atoms with Crippen LogP contribution in [0.25, 0.3) is 0 Å². The van der Waals surface area contributed by atoms with Crippen molar-refractivity contribution in [3.8, 4) is 0 Å². The molecule has 1 saturated carbocycles. The summed E-state index contributed by atoms with van der Waals surface area (Å²) in [5.41, 5.74) is 0. The molecular formula is C8H8BrCl3. The largest absolute Gasteiger partial charge is 0.195 e. The standard InChI is InChI=1S/C8H8BrCl3/c9-7-5-2-1-4(3-5)6(7)8(10,11)12/h1-2,4-7H,3H2. The number of rotatable bonds is 0. The van der Waals surface area contributed by atoms with E-state index in [-0.39, 0.29) is 5.92 Å². The van der Waals surface area contributed by atoms with Crippen LogP contribution >= 0.6 is 50.7 Å². The molecule has 4 atom stereocenters. The number of fused-ring (bicyclic) bond motifs is 2. The molecule has 0 aromatic heterocycles. The molecule has 0 amide bonds. The normalized spacial score (nSPS) is 45.7. The molecule has 4 unspecified atom stereocenters. The molecule has 0 saturated heterocycles. The van der Waals surface area contributed by atoms with Crippen LogP contribution in [-0.4, -0.2) is 8.62 Å². The van der Waals surface area contributed by atoms with Crippen LogP contribution in [0.2, 0.25) is 0 Å². The van der Waals surface area contributed by atoms with Crippen molar-refractivity contribution in [2.45, 2.75) is 15.0 Å². The zero-order chi connectivity index (χ0) is 8.93. The highest BCUT2D eigenvalue weighted by molar-refractivity contribution is 9.09. The summed E-state index contributed by atoms with van der Waals surface area (Å²) in [6, 6.07) is 0. The van der Waals surface area contributed by atoms with Crippen molar-refractivity contribution in [2.75, 3.05) is 0 Å². The summed E-state index contributed by atoms with van der Waals surface area (Å²) < 4.78 is -1.13. The molecular weight excluding hydrogens is 282 g/mol. The van der Waals surface area contributed by atoms with Gasteiger partial charge in [-0.3, -0.25) is 0 Å². The molecule has 68 valence electrons. The second-order valence-electron chi connectivity index (χ2n) is 3.46. The lowest BCUT2D eigenvalue weighted by atomic mass is 9.95. The van der Waals surface area contributed by atoms with Crippen LogP contribution in [-0.2, 0) is 0 Å². The Morgan fingerprint density at radius 1 is 1.17 bits per heavy atom. The van der Waals surface area contributed by atoms with E-state index in [9.17, 15) is 0 Å². The molecule has 0 N–H and O–H groups in total. The predicted octanol–water partition coefficient (Wildman–Crippen LogP) is 3.94. The second kappa shape index (κ2) is 3.05. The maximum absolute atomic E-state index is 5.90. The van der Waals surface area contributed by atoms with Crippen molar-refractivity contribution >= 4 is 50.7 Å². The number of halogens is 4. The van der Waals surface area contributed by atoms with Crippen LogP contribution in [0.5, 0.6) is 0 Å². The number of allylic oxidation sites excluding steroid dienone is 2. The molecule has 2 rings (SSSR count). The molecule has 0 aromatic rings. The average Bonchev–Trinajstić information content (AvgIpc) is 2.42. The minimum absolute atomic E-state index is 0.137. The van der Waals surface area contributed by atoms with E-state index >= 15 is 0 Å². The maximum atomic E-state index is 5.90. The third kappa shape index (κ3) is 1.43. The Labute approximate surface area is 95.4 Å². The Balaban J connectivity index is 2.24. The van der Waals surface area contributed by atoms with Gasteiger partial charge in [-0.05, 0) is 18.3 Å². The van der Waals surface area contributed by atoms with Crippen LogP contribution < -0.4 is 0 Å². The molecule has 0 aromatic carbocycles. The van der Waals surface area contributed by atoms with E-state index in [1.807, 2.05) is 0 Å². The maximum Gasteiger partial charge on any atom is 0.195 e. The number of hydrogen-bond donors (Lipinski definition) is 0. The quantitative estimate of drug-likeness (QED) is 0.468. The van der Waals surface area contributed by atoms with Crippen molar-refractivity contribution in [3.63, 3.8) is 0 Å². The van der Waals surface area contributed by atoms with Gasteiger partial charge >= 0.3 is 0 Å². The monoisotopic (exact) mass is 288 g/mol. The molecule has 4 heteroatoms. The molecule has 0 nitrogen and oxygen atoms in total. The van der Waals surface area contributed by atoms with Gasteiger partial charge in [0.15, 0.2) is 3.79 Å². The fourth-order valence-corrected chi connectivity index (χ4v) is 4.71. The van der Waals surface area contributed by atoms with Gasteiger partial charge in [0.05, 0.1) is 0 Å². The Hall–Kier alpha value is 1.09. The minimum Gasteiger partial charge on any atom is -0.0879 e. The summed E-state index contributed by atoms with van der Waals surface area (Å²) in [7, 11) is 0. The number of alkyl halides is 4. The van der Waals surface area contributed by atoms with E-state index in [0.29, 0.717) is 16.7 Å². The first-order valence-electron chi connectivity index (χ1n) is 3.89. The molecule has 0 radical (unpaired) electrons. The lowest BCUT2D eigenvalue weighted by Crippen LogP contribution is -2.31. The lowest BCUT2D eigenvalue weighted by molar-refractivity contribution is 0.471. The highest BCUT2D eigenvalue weighted by atomic mass is 79.9. The van der Waals surface area contributed by atoms with Crippen LogP contribution in [0, 0.1) is 17.8 Å². The van der Waals surface area contributed by atoms with E-state index in [0.717, 1.165) is 6.42 Å². The third-order valence-electron chi connectivity index (χ3n) is 2.74. The summed E-state index contributed by atoms with van der Waals surface area (Å²) in [6.07, 6.45) is 5.53. The van der Waals surface area contributed by atoms with Crippen molar-refractivity contribution in [1.82, 2.24) is 0 Å². The van der Waals surface area contributed by atoms with Gasteiger partial charge in [0.25, 0.3) is 0 Å². The molecule has 0 heterocycles. The van der Waals surface area contributed by atoms with Crippen LogP contribution in [0.4, 0.5) is 0 Å². The first kappa shape index (κ1) is 9.64. The molecule has 0 spiro atoms. The molecule has 2 aliphatic rings. The topological polar surface area (TPSA) is 0 Å². The fraction of sp³-hybridized carbons (Fsp3) is 0.750. The van der Waals surface area contributed by atoms with Crippen molar-refractivity contribution in [3.05, 3.63) is 12.2 Å². The van der Waals surface area contributed by atoms with Gasteiger partial charge in [-0.2, -0.15) is 0 Å². The molecule has 2 bridgehead atoms. The summed E-state index contributed by atoms with van der Waals surface area (Å²) in [4.78, 5) is 0.333. The predicted molar refractivity (Wildman–Crippen MR) is 57.2 cm³/mol. The van der Waals surface area contributed by atoms with Gasteiger partial charge in [-0.1, -0.05) is 62.9 Å². The van der Waals surface area contributed by atoms with E-state index in [4.69, 9.17) is 34.8 Å². The SMILES string of the molecule is ClC(Cl)(Cl)C1C2C=CC(C2)C1Br. The molecule has 0 aliphatic heterocycles. The number of hydrogen-bond acceptors (Lipinski definition) is 0. The Morgan fingerprint density at radius 3 is 2.08 bits per heavy atom. The summed E-state index contributed by atoms with van der Waals surface area (Å²) in [5, 5.41) is 0. The summed E-state index contributed by atoms with van der Waals surface area (Å²) in [6.45, 7) is 0. The lowest BCUT2D eigenvalue weighted by Gasteiger charge is -2.29. The molecule has 2 aliphatic carbocycles. The van der Waals surface area contributed by atoms with Crippen LogP contribution in [0.15, 0.2) is 12.2 Å². The first-order valence-corrected chi connectivity index (χ1v) is 5.94. The Kier molecular flexibility index (Phi) is 2.45. The Morgan fingerprint density at radius 2 is 1.75 bits per heavy atom. The van der Waals surface area contributed by atoms with Gasteiger partial charge in [0.2, 0.25) is 0 Å². The highest BCUT2D eigenvalue weighted by Crippen LogP contribution is 2.55. The minimum atomic E-state index is -1.13. The van der Waals surface area contributed by atoms with Gasteiger partial charge in [0.1, 0.15) is 0 Å². The van der Waals surface area contributed by atoms with E-state index in [2.05, 4.69) is 28.1 Å². The van der Waals surface area contributed by atoms with Gasteiger partial charge < -0.3 is 0 Å². The van der Waals surface area contributed by atoms with Gasteiger partial charge in [-0.15, -0.1) is 0 Å². The van der Waals surface area contributed by atoms with E-state index in [1.165, 1.54) is 0 Å². The third-order valence-corrected chi connectivity index (χ3v) is 4.75. The highest BCUT2D eigenvalue weighted by Gasteiger charge is 2.51. The fourth-order valence-electron chi connectivity index (χ4n) is 2.19. The Bertz CT molecular complexity index is 221. The van der Waals surface area contributed by atoms with Gasteiger partial charge in [0, 0.05) is 10.7 Å².